The van der Waals surface area contributed by atoms with E-state index in [1.54, 1.807) is 6.92 Å². The average molecular weight is 301 g/mol. The van der Waals surface area contributed by atoms with Crippen molar-refractivity contribution in [1.29, 1.82) is 0 Å². The minimum atomic E-state index is -4.54. The van der Waals surface area contributed by atoms with Gasteiger partial charge in [0.15, 0.2) is 0 Å². The van der Waals surface area contributed by atoms with Gasteiger partial charge in [-0.2, -0.15) is 13.2 Å². The Hall–Kier alpha value is -1.14. The molecule has 18 heavy (non-hydrogen) atoms. The lowest BCUT2D eigenvalue weighted by Crippen LogP contribution is -2.28. The summed E-state index contributed by atoms with van der Waals surface area (Å²) >= 11 is 11.3. The van der Waals surface area contributed by atoms with Gasteiger partial charge in [0, 0.05) is 6.54 Å². The van der Waals surface area contributed by atoms with Crippen molar-refractivity contribution in [3.63, 3.8) is 0 Å². The van der Waals surface area contributed by atoms with Crippen molar-refractivity contribution in [2.45, 2.75) is 13.1 Å². The molecule has 0 saturated carbocycles. The molecular formula is C10H9Cl2F3N2O. The van der Waals surface area contributed by atoms with Crippen molar-refractivity contribution in [1.82, 2.24) is 5.32 Å². The molecule has 0 spiro atoms. The van der Waals surface area contributed by atoms with E-state index < -0.39 is 17.8 Å². The van der Waals surface area contributed by atoms with Crippen molar-refractivity contribution in [3.8, 4) is 0 Å². The van der Waals surface area contributed by atoms with Crippen LogP contribution in [0, 0.1) is 0 Å². The van der Waals surface area contributed by atoms with E-state index in [0.717, 1.165) is 0 Å². The number of halogens is 5. The summed E-state index contributed by atoms with van der Waals surface area (Å²) in [6.45, 7) is 2.05. The van der Waals surface area contributed by atoms with E-state index in [1.807, 2.05) is 0 Å². The molecule has 2 amide bonds. The minimum absolute atomic E-state index is 0.0581. The first-order valence-corrected chi connectivity index (χ1v) is 5.62. The van der Waals surface area contributed by atoms with Gasteiger partial charge < -0.3 is 10.6 Å². The van der Waals surface area contributed by atoms with Crippen LogP contribution in [0.3, 0.4) is 0 Å². The summed E-state index contributed by atoms with van der Waals surface area (Å²) in [6, 6.07) is 0.810. The van der Waals surface area contributed by atoms with E-state index in [0.29, 0.717) is 18.7 Å². The largest absolute Gasteiger partial charge is 0.416 e. The number of urea groups is 1. The Balaban J connectivity index is 3.06. The van der Waals surface area contributed by atoms with Gasteiger partial charge in [0.2, 0.25) is 0 Å². The summed E-state index contributed by atoms with van der Waals surface area (Å²) in [5.41, 5.74) is -1.03. The number of nitrogens with one attached hydrogen (secondary N) is 2. The first-order valence-electron chi connectivity index (χ1n) is 4.86. The van der Waals surface area contributed by atoms with Crippen LogP contribution in [0.1, 0.15) is 12.5 Å². The number of carbonyl (C=O) groups is 1. The first kappa shape index (κ1) is 14.9. The number of alkyl halides is 3. The Morgan fingerprint density at radius 1 is 1.28 bits per heavy atom. The van der Waals surface area contributed by atoms with Crippen molar-refractivity contribution in [2.24, 2.45) is 0 Å². The van der Waals surface area contributed by atoms with Gasteiger partial charge in [0.1, 0.15) is 0 Å². The van der Waals surface area contributed by atoms with Crippen LogP contribution >= 0.6 is 23.2 Å². The summed E-state index contributed by atoms with van der Waals surface area (Å²) in [6.07, 6.45) is -4.54. The van der Waals surface area contributed by atoms with E-state index in [-0.39, 0.29) is 15.7 Å². The summed E-state index contributed by atoms with van der Waals surface area (Å²) in [7, 11) is 0. The molecule has 0 atom stereocenters. The van der Waals surface area contributed by atoms with Crippen LogP contribution in [0.15, 0.2) is 12.1 Å². The Morgan fingerprint density at radius 2 is 1.78 bits per heavy atom. The molecule has 0 bridgehead atoms. The van der Waals surface area contributed by atoms with E-state index in [2.05, 4.69) is 10.6 Å². The number of hydrogen-bond donors (Lipinski definition) is 2. The van der Waals surface area contributed by atoms with Gasteiger partial charge >= 0.3 is 12.2 Å². The average Bonchev–Trinajstić information content (AvgIpc) is 2.22. The van der Waals surface area contributed by atoms with E-state index in [9.17, 15) is 18.0 Å². The van der Waals surface area contributed by atoms with Gasteiger partial charge in [-0.15, -0.1) is 0 Å². The molecule has 0 heterocycles. The van der Waals surface area contributed by atoms with Crippen LogP contribution in [0.4, 0.5) is 23.7 Å². The van der Waals surface area contributed by atoms with Crippen LogP contribution in [-0.2, 0) is 6.18 Å². The molecular weight excluding hydrogens is 292 g/mol. The van der Waals surface area contributed by atoms with Crippen LogP contribution in [0.5, 0.6) is 0 Å². The Labute approximate surface area is 111 Å². The van der Waals surface area contributed by atoms with Gasteiger partial charge in [-0.25, -0.2) is 4.79 Å². The van der Waals surface area contributed by atoms with Gasteiger partial charge in [0.05, 0.1) is 21.3 Å². The fourth-order valence-electron chi connectivity index (χ4n) is 1.17. The standard InChI is InChI=1S/C10H9Cl2F3N2O/c1-2-16-9(18)17-8-6(11)3-5(4-7(8)12)10(13,14)15/h3-4H,2H2,1H3,(H2,16,17,18). The highest BCUT2D eigenvalue weighted by Gasteiger charge is 2.32. The molecule has 3 nitrogen and oxygen atoms in total. The number of hydrogen-bond acceptors (Lipinski definition) is 1. The lowest BCUT2D eigenvalue weighted by Gasteiger charge is -2.13. The Morgan fingerprint density at radius 3 is 2.17 bits per heavy atom. The fourth-order valence-corrected chi connectivity index (χ4v) is 1.76. The normalized spacial score (nSPS) is 11.2. The monoisotopic (exact) mass is 300 g/mol. The maximum Gasteiger partial charge on any atom is 0.416 e. The molecule has 0 aliphatic heterocycles. The topological polar surface area (TPSA) is 41.1 Å². The highest BCUT2D eigenvalue weighted by atomic mass is 35.5. The molecule has 0 fully saturated rings. The second kappa shape index (κ2) is 5.67. The van der Waals surface area contributed by atoms with Gasteiger partial charge in [-0.3, -0.25) is 0 Å². The van der Waals surface area contributed by atoms with Crippen molar-refractivity contribution >= 4 is 34.9 Å². The zero-order valence-corrected chi connectivity index (χ0v) is 10.7. The molecule has 2 N–H and O–H groups in total. The van der Waals surface area contributed by atoms with Crippen molar-refractivity contribution in [2.75, 3.05) is 11.9 Å². The predicted molar refractivity (Wildman–Crippen MR) is 64.2 cm³/mol. The van der Waals surface area contributed by atoms with Gasteiger partial charge in [0.25, 0.3) is 0 Å². The fraction of sp³-hybridized carbons (Fsp3) is 0.300. The van der Waals surface area contributed by atoms with Gasteiger partial charge in [-0.1, -0.05) is 23.2 Å². The van der Waals surface area contributed by atoms with Crippen molar-refractivity contribution in [3.05, 3.63) is 27.7 Å². The molecule has 1 aromatic carbocycles. The molecule has 0 saturated heterocycles. The Kier molecular flexibility index (Phi) is 4.70. The van der Waals surface area contributed by atoms with E-state index in [4.69, 9.17) is 23.2 Å². The molecule has 0 unspecified atom stereocenters. The molecule has 0 aromatic heterocycles. The summed E-state index contributed by atoms with van der Waals surface area (Å²) in [5, 5.41) is 4.13. The molecule has 1 rings (SSSR count). The maximum absolute atomic E-state index is 12.4. The number of anilines is 1. The molecule has 0 aliphatic rings. The maximum atomic E-state index is 12.4. The summed E-state index contributed by atoms with van der Waals surface area (Å²) in [5.74, 6) is 0. The molecule has 0 aliphatic carbocycles. The van der Waals surface area contributed by atoms with Crippen LogP contribution < -0.4 is 10.6 Å². The number of amides is 2. The molecule has 100 valence electrons. The molecule has 1 aromatic rings. The second-order valence-corrected chi connectivity index (χ2v) is 4.11. The SMILES string of the molecule is CCNC(=O)Nc1c(Cl)cc(C(F)(F)F)cc1Cl. The highest BCUT2D eigenvalue weighted by Crippen LogP contribution is 2.38. The third kappa shape index (κ3) is 3.68. The predicted octanol–water partition coefficient (Wildman–Crippen LogP) is 4.15. The number of benzene rings is 1. The molecule has 0 radical (unpaired) electrons. The Bertz CT molecular complexity index is 440. The third-order valence-electron chi connectivity index (χ3n) is 1.95. The smallest absolute Gasteiger partial charge is 0.338 e. The summed E-state index contributed by atoms with van der Waals surface area (Å²) < 4.78 is 37.3. The lowest BCUT2D eigenvalue weighted by molar-refractivity contribution is -0.137. The zero-order chi connectivity index (χ0) is 13.9. The van der Waals surface area contributed by atoms with Crippen molar-refractivity contribution < 1.29 is 18.0 Å². The third-order valence-corrected chi connectivity index (χ3v) is 2.54. The lowest BCUT2D eigenvalue weighted by atomic mass is 10.2. The zero-order valence-electron chi connectivity index (χ0n) is 9.16. The second-order valence-electron chi connectivity index (χ2n) is 3.30. The minimum Gasteiger partial charge on any atom is -0.338 e. The quantitative estimate of drug-likeness (QED) is 0.846. The number of rotatable bonds is 2. The molecule has 8 heteroatoms. The van der Waals surface area contributed by atoms with Crippen LogP contribution in [0.2, 0.25) is 10.0 Å². The highest BCUT2D eigenvalue weighted by molar-refractivity contribution is 6.39. The van der Waals surface area contributed by atoms with Crippen LogP contribution in [-0.4, -0.2) is 12.6 Å². The van der Waals surface area contributed by atoms with Gasteiger partial charge in [-0.05, 0) is 19.1 Å². The van der Waals surface area contributed by atoms with E-state index in [1.165, 1.54) is 0 Å². The number of carbonyl (C=O) groups excluding carboxylic acids is 1. The van der Waals surface area contributed by atoms with Crippen LogP contribution in [0.25, 0.3) is 0 Å². The summed E-state index contributed by atoms with van der Waals surface area (Å²) in [4.78, 5) is 11.2. The first-order chi connectivity index (χ1) is 8.25. The van der Waals surface area contributed by atoms with E-state index >= 15 is 0 Å².